The van der Waals surface area contributed by atoms with Crippen molar-refractivity contribution >= 4 is 6.09 Å². The van der Waals surface area contributed by atoms with Gasteiger partial charge < -0.3 is 15.7 Å². The standard InChI is InChI=1S/C12H22F2N2O2/c1-11(2,3)9(16-10(17)18)7-15-8-4-5-12(13,14)6-8/h8-9,15-16H,4-7H2,1-3H3,(H,17,18). The number of carboxylic acid groups (broad SMARTS) is 1. The predicted molar refractivity (Wildman–Crippen MR) is 65.0 cm³/mol. The normalized spacial score (nSPS) is 24.8. The molecule has 0 heterocycles. The average Bonchev–Trinajstić information content (AvgIpc) is 2.50. The van der Waals surface area contributed by atoms with Crippen LogP contribution in [0.3, 0.4) is 0 Å². The van der Waals surface area contributed by atoms with Crippen LogP contribution in [-0.2, 0) is 0 Å². The van der Waals surface area contributed by atoms with Gasteiger partial charge >= 0.3 is 6.09 Å². The van der Waals surface area contributed by atoms with E-state index in [1.807, 2.05) is 20.8 Å². The lowest BCUT2D eigenvalue weighted by Crippen LogP contribution is -2.50. The molecule has 0 aromatic carbocycles. The molecule has 1 fully saturated rings. The molecule has 1 aliphatic carbocycles. The van der Waals surface area contributed by atoms with Crippen LogP contribution in [0.25, 0.3) is 0 Å². The van der Waals surface area contributed by atoms with E-state index in [4.69, 9.17) is 5.11 Å². The van der Waals surface area contributed by atoms with Gasteiger partial charge in [0.25, 0.3) is 0 Å². The second-order valence-corrected chi connectivity index (χ2v) is 6.07. The highest BCUT2D eigenvalue weighted by Gasteiger charge is 2.39. The van der Waals surface area contributed by atoms with Gasteiger partial charge in [-0.05, 0) is 11.8 Å². The largest absolute Gasteiger partial charge is 0.465 e. The molecular weight excluding hydrogens is 242 g/mol. The fourth-order valence-corrected chi connectivity index (χ4v) is 2.13. The van der Waals surface area contributed by atoms with Gasteiger partial charge in [-0.15, -0.1) is 0 Å². The topological polar surface area (TPSA) is 61.4 Å². The van der Waals surface area contributed by atoms with Crippen LogP contribution in [0.5, 0.6) is 0 Å². The Morgan fingerprint density at radius 3 is 2.50 bits per heavy atom. The fraction of sp³-hybridized carbons (Fsp3) is 0.917. The van der Waals surface area contributed by atoms with Crippen molar-refractivity contribution in [3.05, 3.63) is 0 Å². The van der Waals surface area contributed by atoms with Crippen molar-refractivity contribution in [2.24, 2.45) is 5.41 Å². The summed E-state index contributed by atoms with van der Waals surface area (Å²) in [5, 5.41) is 14.2. The van der Waals surface area contributed by atoms with Crippen molar-refractivity contribution in [1.82, 2.24) is 10.6 Å². The molecule has 0 radical (unpaired) electrons. The SMILES string of the molecule is CC(C)(C)C(CNC1CCC(F)(F)C1)NC(=O)O. The van der Waals surface area contributed by atoms with Crippen LogP contribution in [0.4, 0.5) is 13.6 Å². The number of hydrogen-bond acceptors (Lipinski definition) is 2. The van der Waals surface area contributed by atoms with Gasteiger partial charge in [0.2, 0.25) is 5.92 Å². The van der Waals surface area contributed by atoms with E-state index < -0.39 is 12.0 Å². The van der Waals surface area contributed by atoms with Gasteiger partial charge in [0.1, 0.15) is 0 Å². The smallest absolute Gasteiger partial charge is 0.404 e. The Morgan fingerprint density at radius 2 is 2.11 bits per heavy atom. The number of alkyl halides is 2. The first-order valence-electron chi connectivity index (χ1n) is 6.21. The lowest BCUT2D eigenvalue weighted by Gasteiger charge is -2.31. The molecular formula is C12H22F2N2O2. The van der Waals surface area contributed by atoms with Crippen LogP contribution in [0.15, 0.2) is 0 Å². The first-order valence-corrected chi connectivity index (χ1v) is 6.21. The fourth-order valence-electron chi connectivity index (χ4n) is 2.13. The minimum Gasteiger partial charge on any atom is -0.465 e. The van der Waals surface area contributed by atoms with E-state index in [2.05, 4.69) is 10.6 Å². The van der Waals surface area contributed by atoms with Crippen molar-refractivity contribution in [1.29, 1.82) is 0 Å². The second-order valence-electron chi connectivity index (χ2n) is 6.07. The second kappa shape index (κ2) is 5.38. The Bertz CT molecular complexity index is 303. The summed E-state index contributed by atoms with van der Waals surface area (Å²) < 4.78 is 26.0. The molecule has 6 heteroatoms. The van der Waals surface area contributed by atoms with Crippen LogP contribution in [-0.4, -0.2) is 35.8 Å². The quantitative estimate of drug-likeness (QED) is 0.731. The summed E-state index contributed by atoms with van der Waals surface area (Å²) in [5.74, 6) is -2.57. The third kappa shape index (κ3) is 4.76. The van der Waals surface area contributed by atoms with E-state index in [0.717, 1.165) is 0 Å². The monoisotopic (exact) mass is 264 g/mol. The van der Waals surface area contributed by atoms with E-state index in [0.29, 0.717) is 13.0 Å². The van der Waals surface area contributed by atoms with E-state index in [1.54, 1.807) is 0 Å². The molecule has 0 aliphatic heterocycles. The number of carbonyl (C=O) groups is 1. The van der Waals surface area contributed by atoms with Crippen LogP contribution in [0, 0.1) is 5.41 Å². The van der Waals surface area contributed by atoms with Crippen molar-refractivity contribution in [3.63, 3.8) is 0 Å². The lowest BCUT2D eigenvalue weighted by atomic mass is 9.86. The van der Waals surface area contributed by atoms with Crippen molar-refractivity contribution in [2.45, 2.75) is 58.0 Å². The molecule has 4 nitrogen and oxygen atoms in total. The van der Waals surface area contributed by atoms with Crippen molar-refractivity contribution in [2.75, 3.05) is 6.54 Å². The van der Waals surface area contributed by atoms with Gasteiger partial charge in [-0.25, -0.2) is 13.6 Å². The molecule has 2 unspecified atom stereocenters. The van der Waals surface area contributed by atoms with Gasteiger partial charge in [0.05, 0.1) is 0 Å². The summed E-state index contributed by atoms with van der Waals surface area (Å²) in [5.41, 5.74) is -0.257. The van der Waals surface area contributed by atoms with E-state index >= 15 is 0 Å². The molecule has 0 aromatic heterocycles. The summed E-state index contributed by atoms with van der Waals surface area (Å²) in [6, 6.07) is -0.523. The van der Waals surface area contributed by atoms with Crippen LogP contribution < -0.4 is 10.6 Å². The molecule has 2 atom stereocenters. The Labute approximate surface area is 106 Å². The molecule has 0 spiro atoms. The minimum absolute atomic E-state index is 0.0861. The Kier molecular flexibility index (Phi) is 4.53. The number of rotatable bonds is 4. The van der Waals surface area contributed by atoms with E-state index in [9.17, 15) is 13.6 Å². The molecule has 0 saturated heterocycles. The van der Waals surface area contributed by atoms with Gasteiger partial charge in [-0.1, -0.05) is 20.8 Å². The third-order valence-electron chi connectivity index (χ3n) is 3.36. The molecule has 0 aromatic rings. The zero-order valence-electron chi connectivity index (χ0n) is 11.1. The summed E-state index contributed by atoms with van der Waals surface area (Å²) in [6.45, 7) is 6.12. The zero-order chi connectivity index (χ0) is 14.0. The molecule has 106 valence electrons. The molecule has 1 amide bonds. The van der Waals surface area contributed by atoms with Crippen LogP contribution >= 0.6 is 0 Å². The molecule has 1 rings (SSSR count). The van der Waals surface area contributed by atoms with Gasteiger partial charge in [-0.3, -0.25) is 0 Å². The third-order valence-corrected chi connectivity index (χ3v) is 3.36. The van der Waals surface area contributed by atoms with Gasteiger partial charge in [0.15, 0.2) is 0 Å². The van der Waals surface area contributed by atoms with E-state index in [-0.39, 0.29) is 30.3 Å². The van der Waals surface area contributed by atoms with E-state index in [1.165, 1.54) is 0 Å². The number of hydrogen-bond donors (Lipinski definition) is 3. The maximum atomic E-state index is 13.0. The first-order chi connectivity index (χ1) is 8.10. The molecule has 18 heavy (non-hydrogen) atoms. The predicted octanol–water partition coefficient (Wildman–Crippen LogP) is 2.45. The van der Waals surface area contributed by atoms with Gasteiger partial charge in [-0.2, -0.15) is 0 Å². The number of nitrogens with one attached hydrogen (secondary N) is 2. The molecule has 1 aliphatic rings. The summed E-state index contributed by atoms with van der Waals surface area (Å²) in [7, 11) is 0. The van der Waals surface area contributed by atoms with Crippen LogP contribution in [0.2, 0.25) is 0 Å². The van der Waals surface area contributed by atoms with Gasteiger partial charge in [0, 0.05) is 31.5 Å². The van der Waals surface area contributed by atoms with Crippen LogP contribution in [0.1, 0.15) is 40.0 Å². The van der Waals surface area contributed by atoms with Crippen molar-refractivity contribution in [3.8, 4) is 0 Å². The Balaban J connectivity index is 2.45. The number of halogens is 2. The average molecular weight is 264 g/mol. The zero-order valence-corrected chi connectivity index (χ0v) is 11.1. The number of amides is 1. The van der Waals surface area contributed by atoms with Crippen molar-refractivity contribution < 1.29 is 18.7 Å². The first kappa shape index (κ1) is 15.1. The Hall–Kier alpha value is -0.910. The Morgan fingerprint density at radius 1 is 1.50 bits per heavy atom. The maximum absolute atomic E-state index is 13.0. The lowest BCUT2D eigenvalue weighted by molar-refractivity contribution is 0.00675. The summed E-state index contributed by atoms with van der Waals surface area (Å²) in [6.07, 6.45) is -0.890. The summed E-state index contributed by atoms with van der Waals surface area (Å²) in [4.78, 5) is 10.7. The molecule has 0 bridgehead atoms. The highest BCUT2D eigenvalue weighted by atomic mass is 19.3. The minimum atomic E-state index is -2.57. The molecule has 1 saturated carbocycles. The summed E-state index contributed by atoms with van der Waals surface area (Å²) >= 11 is 0. The maximum Gasteiger partial charge on any atom is 0.404 e. The highest BCUT2D eigenvalue weighted by Crippen LogP contribution is 2.34. The highest BCUT2D eigenvalue weighted by molar-refractivity contribution is 5.65. The molecule has 3 N–H and O–H groups in total.